The van der Waals surface area contributed by atoms with Crippen LogP contribution in [0.4, 0.5) is 0 Å². The first kappa shape index (κ1) is 27.4. The van der Waals surface area contributed by atoms with E-state index >= 15 is 0 Å². The Morgan fingerprint density at radius 3 is 2.62 bits per heavy atom. The maximum atomic E-state index is 13.1. The fourth-order valence-corrected chi connectivity index (χ4v) is 6.14. The van der Waals surface area contributed by atoms with Gasteiger partial charge in [-0.2, -0.15) is 0 Å². The smallest absolute Gasteiger partial charge is 0.319 e. The van der Waals surface area contributed by atoms with E-state index in [0.717, 1.165) is 47.2 Å². The number of halogens is 2. The zero-order valence-electron chi connectivity index (χ0n) is 20.3. The Bertz CT molecular complexity index is 1310. The lowest BCUT2D eigenvalue weighted by atomic mass is 9.90. The first-order valence-electron chi connectivity index (χ1n) is 12.1. The zero-order valence-corrected chi connectivity index (χ0v) is 22.7. The van der Waals surface area contributed by atoms with Gasteiger partial charge in [0.15, 0.2) is 5.01 Å². The number of fused-ring (bicyclic) bond motifs is 2. The predicted octanol–water partition coefficient (Wildman–Crippen LogP) is 3.70. The van der Waals surface area contributed by atoms with E-state index in [9.17, 15) is 14.4 Å². The normalized spacial score (nSPS) is 19.5. The van der Waals surface area contributed by atoms with Gasteiger partial charge in [-0.15, -0.1) is 23.7 Å². The van der Waals surface area contributed by atoms with Crippen molar-refractivity contribution in [3.05, 3.63) is 50.6 Å². The minimum atomic E-state index is -0.275. The largest absolute Gasteiger partial charge is 0.468 e. The molecule has 3 heterocycles. The summed E-state index contributed by atoms with van der Waals surface area (Å²) in [5.74, 6) is -0.702. The summed E-state index contributed by atoms with van der Waals surface area (Å²) in [6.07, 6.45) is 4.24. The lowest BCUT2D eigenvalue weighted by Crippen LogP contribution is -2.53. The Kier molecular flexibility index (Phi) is 8.74. The van der Waals surface area contributed by atoms with Gasteiger partial charge in [0.1, 0.15) is 5.69 Å². The number of ether oxygens (including phenoxy) is 1. The number of aromatic amines is 1. The molecule has 2 amide bonds. The van der Waals surface area contributed by atoms with Crippen molar-refractivity contribution < 1.29 is 19.1 Å². The summed E-state index contributed by atoms with van der Waals surface area (Å²) < 4.78 is 4.76. The Labute approximate surface area is 229 Å². The minimum absolute atomic E-state index is 0. The van der Waals surface area contributed by atoms with Crippen molar-refractivity contribution in [2.75, 3.05) is 20.2 Å². The predicted molar refractivity (Wildman–Crippen MR) is 145 cm³/mol. The third-order valence-electron chi connectivity index (χ3n) is 6.81. The molecule has 1 aliphatic carbocycles. The Morgan fingerprint density at radius 1 is 1.16 bits per heavy atom. The molecule has 2 atom stereocenters. The van der Waals surface area contributed by atoms with Gasteiger partial charge in [0.25, 0.3) is 11.8 Å². The van der Waals surface area contributed by atoms with Crippen LogP contribution < -0.4 is 10.6 Å². The van der Waals surface area contributed by atoms with Crippen molar-refractivity contribution in [2.45, 2.75) is 50.7 Å². The summed E-state index contributed by atoms with van der Waals surface area (Å²) in [6.45, 7) is 1.50. The number of nitrogens with one attached hydrogen (secondary N) is 3. The number of benzene rings is 1. The number of amides is 2. The van der Waals surface area contributed by atoms with E-state index in [4.69, 9.17) is 16.3 Å². The fraction of sp³-hybridized carbons (Fsp3) is 0.440. The molecule has 9 nitrogen and oxygen atoms in total. The van der Waals surface area contributed by atoms with Crippen LogP contribution in [0.5, 0.6) is 0 Å². The molecule has 198 valence electrons. The highest BCUT2D eigenvalue weighted by atomic mass is 35.5. The Morgan fingerprint density at radius 2 is 1.89 bits per heavy atom. The maximum absolute atomic E-state index is 13.1. The molecule has 2 aliphatic rings. The summed E-state index contributed by atoms with van der Waals surface area (Å²) in [7, 11) is 1.38. The molecule has 1 fully saturated rings. The topological polar surface area (TPSA) is 116 Å². The van der Waals surface area contributed by atoms with Crippen LogP contribution in [0.3, 0.4) is 0 Å². The summed E-state index contributed by atoms with van der Waals surface area (Å²) in [4.78, 5) is 48.4. The van der Waals surface area contributed by atoms with Crippen LogP contribution in [0, 0.1) is 0 Å². The molecule has 37 heavy (non-hydrogen) atoms. The molecule has 5 rings (SSSR count). The monoisotopic (exact) mass is 565 g/mol. The number of hydrogen-bond donors (Lipinski definition) is 3. The van der Waals surface area contributed by atoms with Gasteiger partial charge in [-0.25, -0.2) is 4.98 Å². The van der Waals surface area contributed by atoms with Gasteiger partial charge in [0.2, 0.25) is 0 Å². The molecule has 1 saturated carbocycles. The number of thiazole rings is 1. The van der Waals surface area contributed by atoms with Gasteiger partial charge >= 0.3 is 5.97 Å². The molecule has 1 aliphatic heterocycles. The highest BCUT2D eigenvalue weighted by Gasteiger charge is 2.31. The van der Waals surface area contributed by atoms with Crippen LogP contribution in [-0.2, 0) is 22.5 Å². The first-order valence-corrected chi connectivity index (χ1v) is 13.3. The van der Waals surface area contributed by atoms with Crippen LogP contribution in [0.25, 0.3) is 10.9 Å². The van der Waals surface area contributed by atoms with Crippen molar-refractivity contribution in [3.8, 4) is 0 Å². The van der Waals surface area contributed by atoms with E-state index in [1.54, 1.807) is 12.1 Å². The molecular weight excluding hydrogens is 537 g/mol. The third kappa shape index (κ3) is 6.26. The highest BCUT2D eigenvalue weighted by Crippen LogP contribution is 2.26. The molecular formula is C25H29Cl2N5O4S. The number of hydrogen-bond acceptors (Lipinski definition) is 7. The second-order valence-corrected chi connectivity index (χ2v) is 10.8. The molecule has 0 radical (unpaired) electrons. The van der Waals surface area contributed by atoms with Crippen LogP contribution in [0.1, 0.15) is 56.5 Å². The summed E-state index contributed by atoms with van der Waals surface area (Å²) in [5, 5.41) is 8.14. The molecule has 12 heteroatoms. The Balaban J connectivity index is 0.00000320. The zero-order chi connectivity index (χ0) is 25.2. The molecule has 0 spiro atoms. The number of carbonyl (C=O) groups is 3. The van der Waals surface area contributed by atoms with E-state index in [1.807, 2.05) is 17.0 Å². The van der Waals surface area contributed by atoms with Crippen molar-refractivity contribution >= 4 is 64.0 Å². The van der Waals surface area contributed by atoms with Gasteiger partial charge in [-0.3, -0.25) is 19.3 Å². The highest BCUT2D eigenvalue weighted by molar-refractivity contribution is 7.13. The summed E-state index contributed by atoms with van der Waals surface area (Å²) >= 11 is 7.43. The van der Waals surface area contributed by atoms with Gasteiger partial charge in [0.05, 0.1) is 19.3 Å². The maximum Gasteiger partial charge on any atom is 0.319 e. The van der Waals surface area contributed by atoms with Crippen molar-refractivity contribution in [3.63, 3.8) is 0 Å². The summed E-state index contributed by atoms with van der Waals surface area (Å²) in [6, 6.07) is 6.88. The number of nitrogens with zero attached hydrogens (tertiary/aromatic N) is 2. The fourth-order valence-electron chi connectivity index (χ4n) is 4.91. The van der Waals surface area contributed by atoms with E-state index in [0.29, 0.717) is 35.2 Å². The molecule has 1 aromatic carbocycles. The number of esters is 1. The van der Waals surface area contributed by atoms with Crippen LogP contribution in [0.15, 0.2) is 24.3 Å². The van der Waals surface area contributed by atoms with E-state index in [-0.39, 0.29) is 48.8 Å². The van der Waals surface area contributed by atoms with Crippen LogP contribution in [0.2, 0.25) is 5.02 Å². The van der Waals surface area contributed by atoms with Gasteiger partial charge in [-0.1, -0.05) is 24.4 Å². The van der Waals surface area contributed by atoms with Crippen molar-refractivity contribution in [2.24, 2.45) is 0 Å². The standard InChI is InChI=1S/C25H28ClN5O4S.ClH/c1-35-22(32)13-31-9-8-19-21(12-31)36-25(30-19)24(34)29-18-5-3-2-4-17(18)28-23(33)20-11-14-10-15(26)6-7-16(14)27-20;/h6-7,10-11,17-18,27H,2-5,8-9,12-13H2,1H3,(H,28,33)(H,29,34);1H. The van der Waals surface area contributed by atoms with Crippen molar-refractivity contribution in [1.29, 1.82) is 0 Å². The van der Waals surface area contributed by atoms with E-state index in [1.165, 1.54) is 18.4 Å². The molecule has 0 bridgehead atoms. The average Bonchev–Trinajstić information content (AvgIpc) is 3.49. The van der Waals surface area contributed by atoms with Gasteiger partial charge in [-0.05, 0) is 37.1 Å². The first-order chi connectivity index (χ1) is 17.4. The SMILES string of the molecule is COC(=O)CN1CCc2nc(C(=O)NC3CCCCC3NC(=O)c3cc4cc(Cl)ccc4[nH]3)sc2C1.Cl. The Hall–Kier alpha value is -2.66. The van der Waals surface area contributed by atoms with Crippen LogP contribution in [-0.4, -0.2) is 64.9 Å². The van der Waals surface area contributed by atoms with E-state index in [2.05, 4.69) is 20.6 Å². The molecule has 0 saturated heterocycles. The molecule has 3 aromatic rings. The number of carbonyl (C=O) groups excluding carboxylic acids is 3. The van der Waals surface area contributed by atoms with Crippen molar-refractivity contribution in [1.82, 2.24) is 25.5 Å². The van der Waals surface area contributed by atoms with Gasteiger partial charge < -0.3 is 20.4 Å². The molecule has 2 unspecified atom stereocenters. The third-order valence-corrected chi connectivity index (χ3v) is 8.13. The molecule has 3 N–H and O–H groups in total. The lowest BCUT2D eigenvalue weighted by Gasteiger charge is -2.32. The second-order valence-electron chi connectivity index (χ2n) is 9.28. The van der Waals surface area contributed by atoms with Gasteiger partial charge in [0, 0.05) is 52.4 Å². The van der Waals surface area contributed by atoms with Crippen LogP contribution >= 0.6 is 35.3 Å². The summed E-state index contributed by atoms with van der Waals surface area (Å²) in [5.41, 5.74) is 2.22. The minimum Gasteiger partial charge on any atom is -0.468 e. The quantitative estimate of drug-likeness (QED) is 0.392. The lowest BCUT2D eigenvalue weighted by molar-refractivity contribution is -0.142. The number of H-pyrrole nitrogens is 1. The molecule has 2 aromatic heterocycles. The second kappa shape index (κ2) is 11.8. The average molecular weight is 567 g/mol. The number of methoxy groups -OCH3 is 1. The number of rotatable bonds is 6. The van der Waals surface area contributed by atoms with E-state index < -0.39 is 0 Å². The number of aromatic nitrogens is 2.